The Hall–Kier alpha value is -3.29. The molecule has 2 aliphatic carbocycles. The summed E-state index contributed by atoms with van der Waals surface area (Å²) in [6.45, 7) is 3.61. The zero-order chi connectivity index (χ0) is 23.4. The third-order valence-electron chi connectivity index (χ3n) is 8.01. The molecule has 0 N–H and O–H groups in total. The predicted octanol–water partition coefficient (Wildman–Crippen LogP) is 3.70. The van der Waals surface area contributed by atoms with E-state index in [-0.39, 0.29) is 23.1 Å². The van der Waals surface area contributed by atoms with Crippen molar-refractivity contribution in [3.8, 4) is 0 Å². The highest BCUT2D eigenvalue weighted by Crippen LogP contribution is 2.60. The van der Waals surface area contributed by atoms with Crippen LogP contribution in [-0.2, 0) is 11.3 Å². The lowest BCUT2D eigenvalue weighted by atomic mass is 9.90. The number of hydrogen-bond donors (Lipinski definition) is 0. The minimum Gasteiger partial charge on any atom is -0.339 e. The van der Waals surface area contributed by atoms with Gasteiger partial charge < -0.3 is 9.80 Å². The second-order valence-corrected chi connectivity index (χ2v) is 10.3. The Morgan fingerprint density at radius 2 is 1.94 bits per heavy atom. The van der Waals surface area contributed by atoms with Crippen LogP contribution < -0.4 is 0 Å². The zero-order valence-electron chi connectivity index (χ0n) is 19.7. The van der Waals surface area contributed by atoms with Gasteiger partial charge in [0, 0.05) is 43.1 Å². The number of aryl methyl sites for hydroxylation is 1. The maximum Gasteiger partial charge on any atom is 0.254 e. The molecule has 1 atom stereocenters. The second-order valence-electron chi connectivity index (χ2n) is 10.3. The normalized spacial score (nSPS) is 21.1. The van der Waals surface area contributed by atoms with Crippen molar-refractivity contribution >= 4 is 22.7 Å². The lowest BCUT2D eigenvalue weighted by Gasteiger charge is -2.33. The number of rotatable bonds is 5. The van der Waals surface area contributed by atoms with E-state index in [0.29, 0.717) is 36.9 Å². The number of carbonyl (C=O) groups is 2. The number of fused-ring (bicyclic) bond motifs is 1. The van der Waals surface area contributed by atoms with Gasteiger partial charge >= 0.3 is 0 Å². The average molecular weight is 460 g/mol. The summed E-state index contributed by atoms with van der Waals surface area (Å²) in [5.74, 6) is 0.757. The molecular weight excluding hydrogens is 430 g/mol. The van der Waals surface area contributed by atoms with Gasteiger partial charge in [-0.1, -0.05) is 28.5 Å². The molecule has 1 aliphatic heterocycles. The number of carbonyl (C=O) groups excluding carboxylic acids is 2. The van der Waals surface area contributed by atoms with E-state index in [4.69, 9.17) is 9.61 Å². The van der Waals surface area contributed by atoms with Crippen molar-refractivity contribution in [1.82, 2.24) is 25.1 Å². The Bertz CT molecular complexity index is 1270. The van der Waals surface area contributed by atoms with Crippen LogP contribution in [0.1, 0.15) is 65.5 Å². The molecule has 0 radical (unpaired) electrons. The number of benzene rings is 1. The van der Waals surface area contributed by atoms with Gasteiger partial charge in [-0.05, 0) is 56.6 Å². The first-order valence-electron chi connectivity index (χ1n) is 12.2. The van der Waals surface area contributed by atoms with Gasteiger partial charge in [0.25, 0.3) is 5.91 Å². The van der Waals surface area contributed by atoms with Crippen LogP contribution in [0.3, 0.4) is 0 Å². The summed E-state index contributed by atoms with van der Waals surface area (Å²) in [6.07, 6.45) is 4.94. The molecule has 2 amide bonds. The number of hydrogen-bond acceptors (Lipinski definition) is 6. The molecule has 176 valence electrons. The van der Waals surface area contributed by atoms with Crippen LogP contribution in [-0.4, -0.2) is 57.0 Å². The molecule has 1 saturated heterocycles. The number of aromatic nitrogens is 3. The highest BCUT2D eigenvalue weighted by atomic mass is 16.6. The van der Waals surface area contributed by atoms with Crippen molar-refractivity contribution in [1.29, 1.82) is 0 Å². The standard InChI is InChI=1S/C26H29N5O3/c1-16-23(29-34-28-16)15-30(2)25(33)20-14-26(20)9-11-31(12-10-26)24(32)19-13-22(17-7-8-17)27-21-6-4-3-5-18(19)21/h3-6,13,17,20H,7-12,14-15H2,1-2H3. The molecule has 1 spiro atoms. The van der Waals surface area contributed by atoms with Crippen molar-refractivity contribution in [2.75, 3.05) is 20.1 Å². The molecule has 6 rings (SSSR count). The molecule has 0 bridgehead atoms. The monoisotopic (exact) mass is 459 g/mol. The predicted molar refractivity (Wildman–Crippen MR) is 125 cm³/mol. The fourth-order valence-corrected chi connectivity index (χ4v) is 5.50. The Balaban J connectivity index is 1.13. The van der Waals surface area contributed by atoms with Crippen LogP contribution in [0.2, 0.25) is 0 Å². The van der Waals surface area contributed by atoms with Gasteiger partial charge in [-0.3, -0.25) is 14.6 Å². The first-order chi connectivity index (χ1) is 16.4. The fraction of sp³-hybridized carbons (Fsp3) is 0.500. The first kappa shape index (κ1) is 21.3. The SMILES string of the molecule is Cc1nonc1CN(C)C(=O)C1CC12CCN(C(=O)c1cc(C3CC3)nc3ccccc13)CC2. The van der Waals surface area contributed by atoms with Gasteiger partial charge in [0.1, 0.15) is 11.4 Å². The van der Waals surface area contributed by atoms with E-state index >= 15 is 0 Å². The van der Waals surface area contributed by atoms with Gasteiger partial charge in [-0.2, -0.15) is 0 Å². The molecule has 8 nitrogen and oxygen atoms in total. The number of para-hydroxylation sites is 1. The molecule has 3 fully saturated rings. The van der Waals surface area contributed by atoms with Crippen LogP contribution in [0.4, 0.5) is 0 Å². The summed E-state index contributed by atoms with van der Waals surface area (Å²) >= 11 is 0. The van der Waals surface area contributed by atoms with E-state index in [1.54, 1.807) is 4.90 Å². The summed E-state index contributed by atoms with van der Waals surface area (Å²) in [4.78, 5) is 35.1. The maximum atomic E-state index is 13.6. The number of nitrogens with zero attached hydrogens (tertiary/aromatic N) is 5. The van der Waals surface area contributed by atoms with E-state index in [1.807, 2.05) is 49.2 Å². The Labute approximate surface area is 198 Å². The summed E-state index contributed by atoms with van der Waals surface area (Å²) in [5, 5.41) is 8.62. The van der Waals surface area contributed by atoms with Crippen molar-refractivity contribution in [3.63, 3.8) is 0 Å². The Morgan fingerprint density at radius 3 is 2.65 bits per heavy atom. The van der Waals surface area contributed by atoms with E-state index in [9.17, 15) is 9.59 Å². The van der Waals surface area contributed by atoms with E-state index in [1.165, 1.54) is 0 Å². The Kier molecular flexibility index (Phi) is 4.93. The molecular formula is C26H29N5O3. The lowest BCUT2D eigenvalue weighted by Crippen LogP contribution is -2.41. The van der Waals surface area contributed by atoms with E-state index < -0.39 is 0 Å². The van der Waals surface area contributed by atoms with Crippen LogP contribution in [0, 0.1) is 18.3 Å². The minimum atomic E-state index is 0.0261. The number of piperidine rings is 1. The van der Waals surface area contributed by atoms with Gasteiger partial charge in [0.15, 0.2) is 0 Å². The molecule has 34 heavy (non-hydrogen) atoms. The zero-order valence-corrected chi connectivity index (χ0v) is 19.7. The molecule has 3 heterocycles. The van der Waals surface area contributed by atoms with Crippen molar-refractivity contribution in [2.24, 2.45) is 11.3 Å². The third-order valence-corrected chi connectivity index (χ3v) is 8.01. The fourth-order valence-electron chi connectivity index (χ4n) is 5.50. The summed E-state index contributed by atoms with van der Waals surface area (Å²) in [5.41, 5.74) is 4.15. The van der Waals surface area contributed by atoms with Crippen LogP contribution in [0.5, 0.6) is 0 Å². The summed E-state index contributed by atoms with van der Waals surface area (Å²) < 4.78 is 4.75. The topological polar surface area (TPSA) is 92.4 Å². The quantitative estimate of drug-likeness (QED) is 0.578. The lowest BCUT2D eigenvalue weighted by molar-refractivity contribution is -0.133. The van der Waals surface area contributed by atoms with Gasteiger partial charge in [0.05, 0.1) is 17.6 Å². The smallest absolute Gasteiger partial charge is 0.254 e. The van der Waals surface area contributed by atoms with Crippen LogP contribution in [0.25, 0.3) is 10.9 Å². The maximum absolute atomic E-state index is 13.6. The summed E-state index contributed by atoms with van der Waals surface area (Å²) in [7, 11) is 1.81. The second kappa shape index (κ2) is 7.89. The molecule has 2 saturated carbocycles. The van der Waals surface area contributed by atoms with E-state index in [2.05, 4.69) is 10.3 Å². The Morgan fingerprint density at radius 1 is 1.18 bits per heavy atom. The highest BCUT2D eigenvalue weighted by Gasteiger charge is 2.59. The molecule has 8 heteroatoms. The van der Waals surface area contributed by atoms with E-state index in [0.717, 1.165) is 54.3 Å². The number of pyridine rings is 1. The largest absolute Gasteiger partial charge is 0.339 e. The molecule has 1 unspecified atom stereocenters. The minimum absolute atomic E-state index is 0.0261. The number of amides is 2. The summed E-state index contributed by atoms with van der Waals surface area (Å²) in [6, 6.07) is 9.96. The molecule has 3 aliphatic rings. The molecule has 1 aromatic carbocycles. The highest BCUT2D eigenvalue weighted by molar-refractivity contribution is 6.06. The van der Waals surface area contributed by atoms with Gasteiger partial charge in [-0.15, -0.1) is 0 Å². The van der Waals surface area contributed by atoms with Crippen molar-refractivity contribution < 1.29 is 14.2 Å². The van der Waals surface area contributed by atoms with Crippen molar-refractivity contribution in [3.05, 3.63) is 53.0 Å². The number of likely N-dealkylation sites (tertiary alicyclic amines) is 1. The molecule has 2 aromatic heterocycles. The van der Waals surface area contributed by atoms with Gasteiger partial charge in [-0.25, -0.2) is 4.63 Å². The van der Waals surface area contributed by atoms with Crippen LogP contribution >= 0.6 is 0 Å². The van der Waals surface area contributed by atoms with Gasteiger partial charge in [0.2, 0.25) is 5.91 Å². The van der Waals surface area contributed by atoms with Crippen molar-refractivity contribution in [2.45, 2.75) is 51.5 Å². The third kappa shape index (κ3) is 3.65. The first-order valence-corrected chi connectivity index (χ1v) is 12.2. The van der Waals surface area contributed by atoms with Crippen LogP contribution in [0.15, 0.2) is 35.0 Å². The molecule has 3 aromatic rings. The average Bonchev–Trinajstić information content (AvgIpc) is 3.78.